The van der Waals surface area contributed by atoms with Crippen LogP contribution < -0.4 is 5.32 Å². The van der Waals surface area contributed by atoms with E-state index in [-0.39, 0.29) is 29.9 Å². The van der Waals surface area contributed by atoms with Gasteiger partial charge in [-0.2, -0.15) is 0 Å². The summed E-state index contributed by atoms with van der Waals surface area (Å²) in [4.78, 5) is 24.7. The maximum absolute atomic E-state index is 11.9. The second-order valence-electron chi connectivity index (χ2n) is 4.85. The Labute approximate surface area is 101 Å². The van der Waals surface area contributed by atoms with Crippen LogP contribution in [0.25, 0.3) is 0 Å². The number of methoxy groups -OCH3 is 1. The Morgan fingerprint density at radius 3 is 2.59 bits per heavy atom. The van der Waals surface area contributed by atoms with Crippen LogP contribution in [0.15, 0.2) is 0 Å². The Morgan fingerprint density at radius 2 is 2.18 bits per heavy atom. The van der Waals surface area contributed by atoms with E-state index >= 15 is 0 Å². The molecule has 96 valence electrons. The number of carbonyl (C=O) groups excluding carboxylic acids is 2. The summed E-state index contributed by atoms with van der Waals surface area (Å²) in [6.07, 6.45) is 3.52. The van der Waals surface area contributed by atoms with Gasteiger partial charge in [-0.1, -0.05) is 0 Å². The van der Waals surface area contributed by atoms with Crippen LogP contribution in [0.2, 0.25) is 0 Å². The Balaban J connectivity index is 1.88. The minimum Gasteiger partial charge on any atom is -0.377 e. The summed E-state index contributed by atoms with van der Waals surface area (Å²) >= 11 is 0. The predicted molar refractivity (Wildman–Crippen MR) is 62.4 cm³/mol. The molecule has 0 aromatic carbocycles. The quantitative estimate of drug-likeness (QED) is 0.702. The second kappa shape index (κ2) is 4.74. The molecular formula is C12H20N2O3. The number of likely N-dealkylation sites (tertiary alicyclic amines) is 1. The molecule has 2 rings (SSSR count). The van der Waals surface area contributed by atoms with Crippen molar-refractivity contribution in [3.8, 4) is 0 Å². The van der Waals surface area contributed by atoms with Crippen molar-refractivity contribution in [3.05, 3.63) is 0 Å². The highest BCUT2D eigenvalue weighted by molar-refractivity contribution is 6.05. The number of nitrogens with zero attached hydrogens (tertiary/aromatic N) is 1. The van der Waals surface area contributed by atoms with Crippen molar-refractivity contribution in [2.75, 3.05) is 20.2 Å². The fourth-order valence-corrected chi connectivity index (χ4v) is 2.51. The van der Waals surface area contributed by atoms with Gasteiger partial charge < -0.3 is 10.1 Å². The molecule has 1 unspecified atom stereocenters. The van der Waals surface area contributed by atoms with Gasteiger partial charge in [0.05, 0.1) is 18.1 Å². The Bertz CT molecular complexity index is 320. The van der Waals surface area contributed by atoms with Gasteiger partial charge in [0.25, 0.3) is 0 Å². The zero-order valence-electron chi connectivity index (χ0n) is 10.5. The molecule has 1 N–H and O–H groups in total. The molecule has 0 aromatic rings. The third kappa shape index (κ3) is 2.21. The lowest BCUT2D eigenvalue weighted by atomic mass is 9.80. The average Bonchev–Trinajstić information content (AvgIpc) is 2.53. The summed E-state index contributed by atoms with van der Waals surface area (Å²) in [6.45, 7) is 2.94. The molecule has 1 heterocycles. The monoisotopic (exact) mass is 240 g/mol. The highest BCUT2D eigenvalue weighted by Gasteiger charge is 2.41. The van der Waals surface area contributed by atoms with Gasteiger partial charge in [0.2, 0.25) is 11.8 Å². The highest BCUT2D eigenvalue weighted by atomic mass is 16.5. The summed E-state index contributed by atoms with van der Waals surface area (Å²) in [5.41, 5.74) is -0.108. The minimum atomic E-state index is -0.352. The molecule has 0 radical (unpaired) electrons. The van der Waals surface area contributed by atoms with Gasteiger partial charge in [0, 0.05) is 20.2 Å². The van der Waals surface area contributed by atoms with Crippen LogP contribution in [0.1, 0.15) is 32.6 Å². The molecule has 0 spiro atoms. The topological polar surface area (TPSA) is 58.6 Å². The highest BCUT2D eigenvalue weighted by Crippen LogP contribution is 2.34. The van der Waals surface area contributed by atoms with Gasteiger partial charge >= 0.3 is 0 Å². The van der Waals surface area contributed by atoms with Crippen molar-refractivity contribution >= 4 is 11.8 Å². The number of imide groups is 1. The fourth-order valence-electron chi connectivity index (χ4n) is 2.51. The van der Waals surface area contributed by atoms with Crippen LogP contribution in [0.4, 0.5) is 0 Å². The number of hydrogen-bond acceptors (Lipinski definition) is 4. The first-order chi connectivity index (χ1) is 8.12. The molecule has 2 aliphatic rings. The van der Waals surface area contributed by atoms with E-state index in [4.69, 9.17) is 4.74 Å². The maximum Gasteiger partial charge on any atom is 0.246 e. The lowest BCUT2D eigenvalue weighted by Crippen LogP contribution is -2.51. The van der Waals surface area contributed by atoms with Crippen molar-refractivity contribution in [2.24, 2.45) is 0 Å². The van der Waals surface area contributed by atoms with Gasteiger partial charge in [-0.05, 0) is 26.2 Å². The summed E-state index contributed by atoms with van der Waals surface area (Å²) < 4.78 is 5.48. The van der Waals surface area contributed by atoms with E-state index in [0.29, 0.717) is 13.1 Å². The van der Waals surface area contributed by atoms with Crippen molar-refractivity contribution in [2.45, 2.75) is 44.2 Å². The number of likely N-dealkylation sites (N-methyl/N-ethyl adjacent to an activating group) is 1. The molecule has 1 aliphatic carbocycles. The van der Waals surface area contributed by atoms with Gasteiger partial charge in [-0.3, -0.25) is 14.5 Å². The predicted octanol–water partition coefficient (Wildman–Crippen LogP) is 0.292. The average molecular weight is 240 g/mol. The van der Waals surface area contributed by atoms with Gasteiger partial charge in [0.15, 0.2) is 0 Å². The largest absolute Gasteiger partial charge is 0.377 e. The van der Waals surface area contributed by atoms with Crippen LogP contribution in [0.3, 0.4) is 0 Å². The van der Waals surface area contributed by atoms with E-state index < -0.39 is 0 Å². The van der Waals surface area contributed by atoms with Crippen LogP contribution in [-0.2, 0) is 14.3 Å². The van der Waals surface area contributed by atoms with E-state index in [1.54, 1.807) is 7.11 Å². The van der Waals surface area contributed by atoms with E-state index in [2.05, 4.69) is 5.32 Å². The van der Waals surface area contributed by atoms with Gasteiger partial charge in [-0.25, -0.2) is 0 Å². The number of carbonyl (C=O) groups is 2. The summed E-state index contributed by atoms with van der Waals surface area (Å²) in [5, 5.41) is 3.18. The molecule has 5 heteroatoms. The van der Waals surface area contributed by atoms with Gasteiger partial charge in [-0.15, -0.1) is 0 Å². The molecule has 0 bridgehead atoms. The van der Waals surface area contributed by atoms with Crippen LogP contribution in [0, 0.1) is 0 Å². The second-order valence-corrected chi connectivity index (χ2v) is 4.85. The zero-order valence-corrected chi connectivity index (χ0v) is 10.5. The number of amides is 2. The molecule has 1 saturated heterocycles. The molecule has 1 saturated carbocycles. The van der Waals surface area contributed by atoms with E-state index in [1.165, 1.54) is 11.3 Å². The molecule has 1 aliphatic heterocycles. The lowest BCUT2D eigenvalue weighted by molar-refractivity contribution is -0.138. The molecule has 0 aromatic heterocycles. The first-order valence-electron chi connectivity index (χ1n) is 6.24. The van der Waals surface area contributed by atoms with Crippen LogP contribution in [-0.4, -0.2) is 48.6 Å². The molecular weight excluding hydrogens is 220 g/mol. The maximum atomic E-state index is 11.9. The lowest BCUT2D eigenvalue weighted by Gasteiger charge is -2.41. The Kier molecular flexibility index (Phi) is 3.49. The zero-order chi connectivity index (χ0) is 12.5. The third-order valence-electron chi connectivity index (χ3n) is 3.93. The van der Waals surface area contributed by atoms with Crippen LogP contribution >= 0.6 is 0 Å². The van der Waals surface area contributed by atoms with Crippen molar-refractivity contribution in [3.63, 3.8) is 0 Å². The molecule has 2 fully saturated rings. The van der Waals surface area contributed by atoms with Gasteiger partial charge in [0.1, 0.15) is 0 Å². The summed E-state index contributed by atoms with van der Waals surface area (Å²) in [6, 6.07) is -0.352. The van der Waals surface area contributed by atoms with E-state index in [1.807, 2.05) is 6.92 Å². The molecule has 2 amide bonds. The number of rotatable bonds is 5. The minimum absolute atomic E-state index is 0.0740. The number of ether oxygens (including phenoxy) is 1. The van der Waals surface area contributed by atoms with Crippen molar-refractivity contribution < 1.29 is 14.3 Å². The summed E-state index contributed by atoms with van der Waals surface area (Å²) in [5.74, 6) is -0.168. The fraction of sp³-hybridized carbons (Fsp3) is 0.833. The first-order valence-corrected chi connectivity index (χ1v) is 6.24. The molecule has 5 nitrogen and oxygen atoms in total. The van der Waals surface area contributed by atoms with E-state index in [9.17, 15) is 9.59 Å². The first kappa shape index (κ1) is 12.5. The van der Waals surface area contributed by atoms with E-state index in [0.717, 1.165) is 12.8 Å². The third-order valence-corrected chi connectivity index (χ3v) is 3.93. The number of hydrogen-bond donors (Lipinski definition) is 1. The Morgan fingerprint density at radius 1 is 1.47 bits per heavy atom. The Hall–Kier alpha value is -0.940. The SMILES string of the molecule is CCN1C(=O)CC(NCC2(OC)CCC2)C1=O. The number of nitrogens with one attached hydrogen (secondary N) is 1. The van der Waals surface area contributed by atoms with Crippen molar-refractivity contribution in [1.29, 1.82) is 0 Å². The van der Waals surface area contributed by atoms with Crippen molar-refractivity contribution in [1.82, 2.24) is 10.2 Å². The normalized spacial score (nSPS) is 27.4. The smallest absolute Gasteiger partial charge is 0.246 e. The van der Waals surface area contributed by atoms with Crippen LogP contribution in [0.5, 0.6) is 0 Å². The molecule has 1 atom stereocenters. The standard InChI is InChI=1S/C12H20N2O3/c1-3-14-10(15)7-9(11(14)16)13-8-12(17-2)5-4-6-12/h9,13H,3-8H2,1-2H3. The molecule has 17 heavy (non-hydrogen) atoms. The summed E-state index contributed by atoms with van der Waals surface area (Å²) in [7, 11) is 1.71.